The van der Waals surface area contributed by atoms with E-state index in [0.29, 0.717) is 11.6 Å². The fourth-order valence-corrected chi connectivity index (χ4v) is 1.47. The van der Waals surface area contributed by atoms with Crippen LogP contribution in [0.5, 0.6) is 5.75 Å². The van der Waals surface area contributed by atoms with E-state index in [9.17, 15) is 5.11 Å². The number of rotatable bonds is 1. The second-order valence-corrected chi connectivity index (χ2v) is 3.37. The highest BCUT2D eigenvalue weighted by Gasteiger charge is 2.08. The maximum Gasteiger partial charge on any atom is 0.198 e. The van der Waals surface area contributed by atoms with E-state index in [4.69, 9.17) is 11.5 Å². The molecule has 0 unspecified atom stereocenters. The van der Waals surface area contributed by atoms with Crippen LogP contribution in [0.1, 0.15) is 5.69 Å². The van der Waals surface area contributed by atoms with E-state index >= 15 is 0 Å². The average molecular weight is 204 g/mol. The molecule has 5 heteroatoms. The molecule has 1 aromatic carbocycles. The van der Waals surface area contributed by atoms with Crippen LogP contribution in [-0.4, -0.2) is 15.1 Å². The van der Waals surface area contributed by atoms with Crippen LogP contribution in [0.3, 0.4) is 0 Å². The predicted octanol–water partition coefficient (Wildman–Crippen LogP) is 1.26. The molecular formula is C10H12N4O. The van der Waals surface area contributed by atoms with Gasteiger partial charge in [-0.15, -0.1) is 0 Å². The summed E-state index contributed by atoms with van der Waals surface area (Å²) >= 11 is 0. The number of nitrogens with zero attached hydrogens (tertiary/aromatic N) is 1. The van der Waals surface area contributed by atoms with E-state index < -0.39 is 0 Å². The molecular weight excluding hydrogens is 192 g/mol. The van der Waals surface area contributed by atoms with E-state index in [1.807, 2.05) is 6.92 Å². The Morgan fingerprint density at radius 1 is 1.33 bits per heavy atom. The fourth-order valence-electron chi connectivity index (χ4n) is 1.47. The third-order valence-corrected chi connectivity index (χ3v) is 2.20. The smallest absolute Gasteiger partial charge is 0.198 e. The lowest BCUT2D eigenvalue weighted by Gasteiger charge is -2.02. The molecule has 0 aliphatic rings. The van der Waals surface area contributed by atoms with Gasteiger partial charge in [0.1, 0.15) is 5.75 Å². The summed E-state index contributed by atoms with van der Waals surface area (Å²) in [6, 6.07) is 4.95. The Morgan fingerprint density at radius 3 is 2.60 bits per heavy atom. The number of H-pyrrole nitrogens is 1. The van der Waals surface area contributed by atoms with Gasteiger partial charge in [0.25, 0.3) is 0 Å². The highest BCUT2D eigenvalue weighted by Crippen LogP contribution is 2.28. The molecule has 0 radical (unpaired) electrons. The van der Waals surface area contributed by atoms with Crippen molar-refractivity contribution in [3.63, 3.8) is 0 Å². The molecule has 0 fully saturated rings. The number of aryl methyl sites for hydroxylation is 1. The lowest BCUT2D eigenvalue weighted by atomic mass is 10.1. The van der Waals surface area contributed by atoms with Gasteiger partial charge in [0, 0.05) is 11.3 Å². The minimum Gasteiger partial charge on any atom is -0.506 e. The van der Waals surface area contributed by atoms with E-state index in [1.165, 1.54) is 6.07 Å². The second kappa shape index (κ2) is 3.20. The first-order chi connectivity index (χ1) is 7.08. The number of aromatic amines is 1. The molecule has 78 valence electrons. The van der Waals surface area contributed by atoms with Crippen LogP contribution in [0.15, 0.2) is 18.2 Å². The number of imidazole rings is 1. The van der Waals surface area contributed by atoms with Gasteiger partial charge in [-0.3, -0.25) is 0 Å². The van der Waals surface area contributed by atoms with Crippen LogP contribution in [0, 0.1) is 6.92 Å². The number of aromatic nitrogens is 2. The molecule has 0 spiro atoms. The molecule has 15 heavy (non-hydrogen) atoms. The van der Waals surface area contributed by atoms with Gasteiger partial charge in [-0.25, -0.2) is 4.98 Å². The van der Waals surface area contributed by atoms with Gasteiger partial charge in [-0.05, 0) is 25.1 Å². The van der Waals surface area contributed by atoms with Gasteiger partial charge >= 0.3 is 0 Å². The van der Waals surface area contributed by atoms with Crippen LogP contribution < -0.4 is 11.5 Å². The summed E-state index contributed by atoms with van der Waals surface area (Å²) in [7, 11) is 0. The largest absolute Gasteiger partial charge is 0.506 e. The molecule has 0 aliphatic heterocycles. The van der Waals surface area contributed by atoms with E-state index in [-0.39, 0.29) is 5.75 Å². The Morgan fingerprint density at radius 2 is 2.07 bits per heavy atom. The van der Waals surface area contributed by atoms with Crippen LogP contribution in [0.25, 0.3) is 11.3 Å². The second-order valence-electron chi connectivity index (χ2n) is 3.37. The van der Waals surface area contributed by atoms with E-state index in [2.05, 4.69) is 9.97 Å². The highest BCUT2D eigenvalue weighted by molar-refractivity contribution is 5.70. The van der Waals surface area contributed by atoms with Crippen LogP contribution in [0.4, 0.5) is 11.6 Å². The van der Waals surface area contributed by atoms with Gasteiger partial charge in [-0.1, -0.05) is 0 Å². The van der Waals surface area contributed by atoms with Crippen molar-refractivity contribution in [2.45, 2.75) is 6.92 Å². The van der Waals surface area contributed by atoms with Crippen LogP contribution >= 0.6 is 0 Å². The third kappa shape index (κ3) is 1.59. The van der Waals surface area contributed by atoms with Crippen molar-refractivity contribution < 1.29 is 5.11 Å². The van der Waals surface area contributed by atoms with Crippen molar-refractivity contribution in [3.05, 3.63) is 23.9 Å². The van der Waals surface area contributed by atoms with Gasteiger partial charge in [0.05, 0.1) is 11.4 Å². The molecule has 0 atom stereocenters. The predicted molar refractivity (Wildman–Crippen MR) is 59.3 cm³/mol. The number of nitrogen functional groups attached to an aromatic ring is 2. The summed E-state index contributed by atoms with van der Waals surface area (Å²) in [5.74, 6) is 0.439. The molecule has 1 aromatic heterocycles. The Kier molecular flexibility index (Phi) is 2.00. The number of phenols is 1. The zero-order valence-corrected chi connectivity index (χ0v) is 8.28. The SMILES string of the molecule is Cc1[nH]c(N)nc1-c1ccc(O)c(N)c1. The number of nitrogens with one attached hydrogen (secondary N) is 1. The van der Waals surface area contributed by atoms with Crippen molar-refractivity contribution in [1.29, 1.82) is 0 Å². The maximum atomic E-state index is 9.29. The van der Waals surface area contributed by atoms with Crippen LogP contribution in [0.2, 0.25) is 0 Å². The molecule has 0 aliphatic carbocycles. The molecule has 6 N–H and O–H groups in total. The summed E-state index contributed by atoms with van der Waals surface area (Å²) < 4.78 is 0. The lowest BCUT2D eigenvalue weighted by Crippen LogP contribution is -1.88. The van der Waals surface area contributed by atoms with Crippen LogP contribution in [-0.2, 0) is 0 Å². The summed E-state index contributed by atoms with van der Waals surface area (Å²) in [6.07, 6.45) is 0. The molecule has 2 rings (SSSR count). The van der Waals surface area contributed by atoms with Crippen molar-refractivity contribution in [1.82, 2.24) is 9.97 Å². The molecule has 0 amide bonds. The summed E-state index contributed by atoms with van der Waals surface area (Å²) in [5.41, 5.74) is 13.9. The number of anilines is 2. The van der Waals surface area contributed by atoms with Crippen molar-refractivity contribution in [2.75, 3.05) is 11.5 Å². The quantitative estimate of drug-likeness (QED) is 0.415. The number of benzene rings is 1. The Labute approximate surface area is 86.8 Å². The maximum absolute atomic E-state index is 9.29. The molecule has 5 nitrogen and oxygen atoms in total. The summed E-state index contributed by atoms with van der Waals surface area (Å²) in [4.78, 5) is 7.04. The van der Waals surface area contributed by atoms with Gasteiger partial charge < -0.3 is 21.6 Å². The number of phenolic OH excluding ortho intramolecular Hbond substituents is 1. The standard InChI is InChI=1S/C10H12N4O/c1-5-9(14-10(12)13-5)6-2-3-8(15)7(11)4-6/h2-4,15H,11H2,1H3,(H3,12,13,14). The lowest BCUT2D eigenvalue weighted by molar-refractivity contribution is 0.478. The zero-order chi connectivity index (χ0) is 11.0. The first-order valence-electron chi connectivity index (χ1n) is 4.49. The number of aromatic hydroxyl groups is 1. The Balaban J connectivity index is 2.54. The molecule has 0 saturated carbocycles. The minimum atomic E-state index is 0.0694. The van der Waals surface area contributed by atoms with Gasteiger partial charge in [0.2, 0.25) is 0 Å². The first kappa shape index (κ1) is 9.39. The van der Waals surface area contributed by atoms with Crippen molar-refractivity contribution in [2.24, 2.45) is 0 Å². The van der Waals surface area contributed by atoms with Gasteiger partial charge in [0.15, 0.2) is 5.95 Å². The Hall–Kier alpha value is -2.17. The van der Waals surface area contributed by atoms with E-state index in [1.54, 1.807) is 12.1 Å². The Bertz CT molecular complexity index is 504. The minimum absolute atomic E-state index is 0.0694. The highest BCUT2D eigenvalue weighted by atomic mass is 16.3. The monoisotopic (exact) mass is 204 g/mol. The number of hydrogen-bond donors (Lipinski definition) is 4. The van der Waals surface area contributed by atoms with Gasteiger partial charge in [-0.2, -0.15) is 0 Å². The first-order valence-corrected chi connectivity index (χ1v) is 4.49. The van der Waals surface area contributed by atoms with Crippen molar-refractivity contribution >= 4 is 11.6 Å². The summed E-state index contributed by atoms with van der Waals surface area (Å²) in [5, 5.41) is 9.29. The average Bonchev–Trinajstić information content (AvgIpc) is 2.50. The van der Waals surface area contributed by atoms with E-state index in [0.717, 1.165) is 17.0 Å². The van der Waals surface area contributed by atoms with Crippen molar-refractivity contribution in [3.8, 4) is 17.0 Å². The number of nitrogens with two attached hydrogens (primary N) is 2. The summed E-state index contributed by atoms with van der Waals surface area (Å²) in [6.45, 7) is 1.88. The fraction of sp³-hybridized carbons (Fsp3) is 0.100. The normalized spacial score (nSPS) is 10.5. The number of hydrogen-bond acceptors (Lipinski definition) is 4. The topological polar surface area (TPSA) is 101 Å². The molecule has 0 bridgehead atoms. The molecule has 1 heterocycles. The zero-order valence-electron chi connectivity index (χ0n) is 8.28. The molecule has 0 saturated heterocycles. The third-order valence-electron chi connectivity index (χ3n) is 2.20. The molecule has 2 aromatic rings.